The van der Waals surface area contributed by atoms with E-state index in [1.807, 2.05) is 37.4 Å². The summed E-state index contributed by atoms with van der Waals surface area (Å²) in [6.07, 6.45) is 0. The van der Waals surface area contributed by atoms with Crippen molar-refractivity contribution in [3.8, 4) is 11.5 Å². The van der Waals surface area contributed by atoms with Gasteiger partial charge in [0, 0.05) is 17.3 Å². The average Bonchev–Trinajstić information content (AvgIpc) is 3.11. The Morgan fingerprint density at radius 1 is 1.04 bits per heavy atom. The molecule has 0 aliphatic carbocycles. The highest BCUT2D eigenvalue weighted by Gasteiger charge is 2.14. The van der Waals surface area contributed by atoms with E-state index in [-0.39, 0.29) is 12.7 Å². The molecule has 9 heteroatoms. The zero-order valence-electron chi connectivity index (χ0n) is 15.2. The largest absolute Gasteiger partial charge is 0.454 e. The monoisotopic (exact) mass is 398 g/mol. The molecule has 1 aliphatic heterocycles. The maximum atomic E-state index is 5.91. The Labute approximate surface area is 167 Å². The fourth-order valence-electron chi connectivity index (χ4n) is 2.88. The first-order valence-electron chi connectivity index (χ1n) is 8.65. The summed E-state index contributed by atoms with van der Waals surface area (Å²) in [5.41, 5.74) is 7.77. The molecule has 2 aromatic carbocycles. The standard InChI is InChI=1S/C19H19ClN6O2/c1-26(9-12-2-7-15-16(8-12)28-11-27-15)10-17-23-18(21)25-19(24-17)22-14-5-3-13(20)4-6-14/h2-8H,9-11H2,1H3,(H3,21,22,23,24,25). The molecule has 0 saturated heterocycles. The molecule has 0 unspecified atom stereocenters. The summed E-state index contributed by atoms with van der Waals surface area (Å²) in [6.45, 7) is 1.47. The van der Waals surface area contributed by atoms with Gasteiger partial charge in [0.25, 0.3) is 0 Å². The zero-order chi connectivity index (χ0) is 19.5. The number of hydrogen-bond acceptors (Lipinski definition) is 8. The second-order valence-corrected chi connectivity index (χ2v) is 6.86. The highest BCUT2D eigenvalue weighted by atomic mass is 35.5. The van der Waals surface area contributed by atoms with Crippen LogP contribution in [0, 0.1) is 0 Å². The molecule has 144 valence electrons. The van der Waals surface area contributed by atoms with Gasteiger partial charge in [-0.1, -0.05) is 17.7 Å². The molecule has 3 N–H and O–H groups in total. The van der Waals surface area contributed by atoms with Gasteiger partial charge in [0.15, 0.2) is 11.5 Å². The molecule has 0 radical (unpaired) electrons. The van der Waals surface area contributed by atoms with Gasteiger partial charge in [-0.3, -0.25) is 4.90 Å². The van der Waals surface area contributed by atoms with Gasteiger partial charge < -0.3 is 20.5 Å². The lowest BCUT2D eigenvalue weighted by atomic mass is 10.2. The summed E-state index contributed by atoms with van der Waals surface area (Å²) in [7, 11) is 1.98. The van der Waals surface area contributed by atoms with Crippen molar-refractivity contribution in [2.24, 2.45) is 0 Å². The minimum absolute atomic E-state index is 0.165. The van der Waals surface area contributed by atoms with Crippen LogP contribution in [0.25, 0.3) is 0 Å². The number of anilines is 3. The van der Waals surface area contributed by atoms with E-state index in [4.69, 9.17) is 26.8 Å². The molecular weight excluding hydrogens is 380 g/mol. The zero-order valence-corrected chi connectivity index (χ0v) is 16.0. The maximum Gasteiger partial charge on any atom is 0.232 e. The predicted octanol–water partition coefficient (Wildman–Crippen LogP) is 3.21. The lowest BCUT2D eigenvalue weighted by Crippen LogP contribution is -2.20. The first kappa shape index (κ1) is 18.3. The molecular formula is C19H19ClN6O2. The molecule has 1 aromatic heterocycles. The second-order valence-electron chi connectivity index (χ2n) is 6.43. The van der Waals surface area contributed by atoms with Crippen molar-refractivity contribution in [3.05, 3.63) is 58.9 Å². The van der Waals surface area contributed by atoms with Crippen molar-refractivity contribution >= 4 is 29.2 Å². The summed E-state index contributed by atoms with van der Waals surface area (Å²) < 4.78 is 10.8. The lowest BCUT2D eigenvalue weighted by Gasteiger charge is -2.16. The number of nitrogens with one attached hydrogen (secondary N) is 1. The van der Waals surface area contributed by atoms with E-state index in [1.165, 1.54) is 0 Å². The fraction of sp³-hybridized carbons (Fsp3) is 0.211. The maximum absolute atomic E-state index is 5.91. The molecule has 2 heterocycles. The summed E-state index contributed by atoms with van der Waals surface area (Å²) in [6, 6.07) is 13.2. The van der Waals surface area contributed by atoms with Crippen LogP contribution in [0.2, 0.25) is 5.02 Å². The van der Waals surface area contributed by atoms with Gasteiger partial charge >= 0.3 is 0 Å². The number of nitrogens with zero attached hydrogens (tertiary/aromatic N) is 4. The molecule has 1 aliphatic rings. The third-order valence-electron chi connectivity index (χ3n) is 4.10. The minimum Gasteiger partial charge on any atom is -0.454 e. The molecule has 4 rings (SSSR count). The number of aromatic nitrogens is 3. The topological polar surface area (TPSA) is 98.4 Å². The van der Waals surface area contributed by atoms with E-state index in [2.05, 4.69) is 25.2 Å². The van der Waals surface area contributed by atoms with Gasteiger partial charge in [0.2, 0.25) is 18.7 Å². The van der Waals surface area contributed by atoms with Gasteiger partial charge in [-0.05, 0) is 49.0 Å². The SMILES string of the molecule is CN(Cc1ccc2c(c1)OCO2)Cc1nc(N)nc(Nc2ccc(Cl)cc2)n1. The first-order valence-corrected chi connectivity index (χ1v) is 9.03. The van der Waals surface area contributed by atoms with Crippen LogP contribution in [-0.2, 0) is 13.1 Å². The Morgan fingerprint density at radius 2 is 1.82 bits per heavy atom. The van der Waals surface area contributed by atoms with Crippen LogP contribution in [0.1, 0.15) is 11.4 Å². The average molecular weight is 399 g/mol. The summed E-state index contributed by atoms with van der Waals surface area (Å²) >= 11 is 5.91. The smallest absolute Gasteiger partial charge is 0.232 e. The lowest BCUT2D eigenvalue weighted by molar-refractivity contribution is 0.174. The Kier molecular flexibility index (Phi) is 5.14. The highest BCUT2D eigenvalue weighted by molar-refractivity contribution is 6.30. The number of benzene rings is 2. The predicted molar refractivity (Wildman–Crippen MR) is 107 cm³/mol. The molecule has 3 aromatic rings. The van der Waals surface area contributed by atoms with Crippen LogP contribution in [0.3, 0.4) is 0 Å². The van der Waals surface area contributed by atoms with Crippen LogP contribution in [0.5, 0.6) is 11.5 Å². The minimum atomic E-state index is 0.165. The van der Waals surface area contributed by atoms with E-state index in [0.717, 1.165) is 22.7 Å². The molecule has 0 saturated carbocycles. The Bertz CT molecular complexity index is 983. The Balaban J connectivity index is 1.43. The van der Waals surface area contributed by atoms with Crippen molar-refractivity contribution in [3.63, 3.8) is 0 Å². The molecule has 0 bridgehead atoms. The molecule has 0 fully saturated rings. The molecule has 0 spiro atoms. The highest BCUT2D eigenvalue weighted by Crippen LogP contribution is 2.32. The summed E-state index contributed by atoms with van der Waals surface area (Å²) in [4.78, 5) is 14.9. The normalized spacial score (nSPS) is 12.4. The van der Waals surface area contributed by atoms with Crippen molar-refractivity contribution in [1.29, 1.82) is 0 Å². The van der Waals surface area contributed by atoms with Gasteiger partial charge in [0.05, 0.1) is 6.54 Å². The Hall–Kier alpha value is -3.10. The summed E-state index contributed by atoms with van der Waals surface area (Å²) in [5.74, 6) is 2.67. The quantitative estimate of drug-likeness (QED) is 0.653. The second kappa shape index (κ2) is 7.87. The van der Waals surface area contributed by atoms with Crippen LogP contribution in [0.4, 0.5) is 17.6 Å². The number of fused-ring (bicyclic) bond motifs is 1. The van der Waals surface area contributed by atoms with Gasteiger partial charge in [-0.25, -0.2) is 0 Å². The molecule has 0 atom stereocenters. The van der Waals surface area contributed by atoms with Crippen LogP contribution < -0.4 is 20.5 Å². The number of nitrogen functional groups attached to an aromatic ring is 1. The van der Waals surface area contributed by atoms with Gasteiger partial charge in [-0.2, -0.15) is 15.0 Å². The molecule has 28 heavy (non-hydrogen) atoms. The number of halogens is 1. The van der Waals surface area contributed by atoms with Crippen molar-refractivity contribution < 1.29 is 9.47 Å². The molecule has 8 nitrogen and oxygen atoms in total. The van der Waals surface area contributed by atoms with Crippen LogP contribution >= 0.6 is 11.6 Å². The van der Waals surface area contributed by atoms with Gasteiger partial charge in [0.1, 0.15) is 5.82 Å². The third kappa shape index (κ3) is 4.41. The fourth-order valence-corrected chi connectivity index (χ4v) is 3.00. The van der Waals surface area contributed by atoms with Crippen molar-refractivity contribution in [2.45, 2.75) is 13.1 Å². The third-order valence-corrected chi connectivity index (χ3v) is 4.35. The number of hydrogen-bond donors (Lipinski definition) is 2. The van der Waals surface area contributed by atoms with E-state index >= 15 is 0 Å². The number of nitrogens with two attached hydrogens (primary N) is 1. The van der Waals surface area contributed by atoms with E-state index in [1.54, 1.807) is 12.1 Å². The van der Waals surface area contributed by atoms with Crippen LogP contribution in [0.15, 0.2) is 42.5 Å². The number of rotatable bonds is 6. The van der Waals surface area contributed by atoms with E-state index < -0.39 is 0 Å². The first-order chi connectivity index (χ1) is 13.5. The van der Waals surface area contributed by atoms with Gasteiger partial charge in [-0.15, -0.1) is 0 Å². The molecule has 0 amide bonds. The Morgan fingerprint density at radius 3 is 2.64 bits per heavy atom. The summed E-state index contributed by atoms with van der Waals surface area (Å²) in [5, 5.41) is 3.77. The van der Waals surface area contributed by atoms with Crippen molar-refractivity contribution in [1.82, 2.24) is 19.9 Å². The number of ether oxygens (including phenoxy) is 2. The van der Waals surface area contributed by atoms with E-state index in [0.29, 0.717) is 29.9 Å². The van der Waals surface area contributed by atoms with Crippen molar-refractivity contribution in [2.75, 3.05) is 24.9 Å². The van der Waals surface area contributed by atoms with Crippen LogP contribution in [-0.4, -0.2) is 33.7 Å². The van der Waals surface area contributed by atoms with E-state index in [9.17, 15) is 0 Å².